The largest absolute Gasteiger partial charge is 0.354 e. The van der Waals surface area contributed by atoms with Gasteiger partial charge in [0, 0.05) is 27.0 Å². The van der Waals surface area contributed by atoms with Crippen molar-refractivity contribution >= 4 is 10.0 Å². The molecule has 0 saturated carbocycles. The average molecular weight is 305 g/mol. The van der Waals surface area contributed by atoms with Crippen molar-refractivity contribution in [1.29, 1.82) is 0 Å². The number of aryl methyl sites for hydroxylation is 2. The second-order valence-electron chi connectivity index (χ2n) is 4.57. The van der Waals surface area contributed by atoms with Crippen LogP contribution >= 0.6 is 0 Å². The van der Waals surface area contributed by atoms with Crippen LogP contribution in [0.5, 0.6) is 0 Å². The first-order chi connectivity index (χ1) is 9.35. The highest BCUT2D eigenvalue weighted by molar-refractivity contribution is 7.89. The molecule has 1 rings (SSSR count). The standard InChI is InChI=1S/C12H23N3O4S/c1-6-7-15-8-11(13-10(15)3)20(16,17)14-9(2)12(18-4)19-5/h8-9,12,14H,6-7H2,1-5H3. The molecule has 0 aliphatic heterocycles. The van der Waals surface area contributed by atoms with E-state index >= 15 is 0 Å². The summed E-state index contributed by atoms with van der Waals surface area (Å²) in [5, 5.41) is 0.0151. The summed E-state index contributed by atoms with van der Waals surface area (Å²) in [5.74, 6) is 0.676. The van der Waals surface area contributed by atoms with Crippen LogP contribution in [0.15, 0.2) is 11.2 Å². The number of hydrogen-bond acceptors (Lipinski definition) is 5. The molecule has 1 N–H and O–H groups in total. The fourth-order valence-electron chi connectivity index (χ4n) is 1.94. The van der Waals surface area contributed by atoms with E-state index in [1.54, 1.807) is 20.0 Å². The zero-order valence-electron chi connectivity index (χ0n) is 12.6. The summed E-state index contributed by atoms with van der Waals surface area (Å²) >= 11 is 0. The van der Waals surface area contributed by atoms with Crippen LogP contribution in [-0.2, 0) is 26.0 Å². The normalized spacial score (nSPS) is 13.9. The Balaban J connectivity index is 2.91. The third-order valence-electron chi connectivity index (χ3n) is 2.91. The molecule has 1 unspecified atom stereocenters. The molecule has 1 heterocycles. The molecule has 20 heavy (non-hydrogen) atoms. The van der Waals surface area contributed by atoms with E-state index in [4.69, 9.17) is 9.47 Å². The van der Waals surface area contributed by atoms with Crippen molar-refractivity contribution in [2.75, 3.05) is 14.2 Å². The van der Waals surface area contributed by atoms with Crippen molar-refractivity contribution < 1.29 is 17.9 Å². The quantitative estimate of drug-likeness (QED) is 0.721. The highest BCUT2D eigenvalue weighted by atomic mass is 32.2. The van der Waals surface area contributed by atoms with Crippen molar-refractivity contribution in [1.82, 2.24) is 14.3 Å². The highest BCUT2D eigenvalue weighted by Crippen LogP contribution is 2.11. The molecule has 1 aromatic rings. The van der Waals surface area contributed by atoms with Crippen molar-refractivity contribution in [2.45, 2.75) is 51.1 Å². The molecule has 0 aliphatic rings. The fourth-order valence-corrected chi connectivity index (χ4v) is 3.18. The van der Waals surface area contributed by atoms with Gasteiger partial charge in [-0.1, -0.05) is 6.92 Å². The second kappa shape index (κ2) is 7.16. The van der Waals surface area contributed by atoms with Gasteiger partial charge in [-0.2, -0.15) is 0 Å². The number of methoxy groups -OCH3 is 2. The summed E-state index contributed by atoms with van der Waals surface area (Å²) < 4.78 is 38.9. The lowest BCUT2D eigenvalue weighted by Crippen LogP contribution is -2.42. The minimum Gasteiger partial charge on any atom is -0.354 e. The van der Waals surface area contributed by atoms with Gasteiger partial charge >= 0.3 is 0 Å². The zero-order valence-corrected chi connectivity index (χ0v) is 13.4. The van der Waals surface area contributed by atoms with E-state index in [0.29, 0.717) is 5.82 Å². The van der Waals surface area contributed by atoms with E-state index in [2.05, 4.69) is 9.71 Å². The molecule has 8 heteroatoms. The third-order valence-corrected chi connectivity index (χ3v) is 4.34. The lowest BCUT2D eigenvalue weighted by Gasteiger charge is -2.21. The van der Waals surface area contributed by atoms with Crippen LogP contribution in [0.3, 0.4) is 0 Å². The van der Waals surface area contributed by atoms with Crippen LogP contribution in [0.2, 0.25) is 0 Å². The van der Waals surface area contributed by atoms with Gasteiger partial charge < -0.3 is 14.0 Å². The first-order valence-corrected chi connectivity index (χ1v) is 7.95. The number of ether oxygens (including phenoxy) is 2. The zero-order chi connectivity index (χ0) is 15.3. The summed E-state index contributed by atoms with van der Waals surface area (Å²) in [6.07, 6.45) is 1.81. The molecule has 0 saturated heterocycles. The molecule has 0 bridgehead atoms. The Labute approximate surface area is 120 Å². The first kappa shape index (κ1) is 17.1. The topological polar surface area (TPSA) is 82.5 Å². The van der Waals surface area contributed by atoms with Crippen molar-refractivity contribution in [2.24, 2.45) is 0 Å². The second-order valence-corrected chi connectivity index (χ2v) is 6.23. The number of nitrogens with zero attached hydrogens (tertiary/aromatic N) is 2. The number of nitrogens with one attached hydrogen (secondary N) is 1. The van der Waals surface area contributed by atoms with Crippen LogP contribution in [-0.4, -0.2) is 44.5 Å². The molecule has 116 valence electrons. The van der Waals surface area contributed by atoms with E-state index in [1.165, 1.54) is 14.2 Å². The van der Waals surface area contributed by atoms with E-state index in [-0.39, 0.29) is 5.03 Å². The van der Waals surface area contributed by atoms with E-state index < -0.39 is 22.4 Å². The summed E-state index contributed by atoms with van der Waals surface area (Å²) in [6.45, 7) is 6.22. The van der Waals surface area contributed by atoms with Gasteiger partial charge in [-0.3, -0.25) is 0 Å². The molecule has 1 atom stereocenters. The molecular weight excluding hydrogens is 282 g/mol. The van der Waals surface area contributed by atoms with Crippen LogP contribution in [0.1, 0.15) is 26.1 Å². The lowest BCUT2D eigenvalue weighted by molar-refractivity contribution is -0.115. The predicted octanol–water partition coefficient (Wildman–Crippen LogP) is 0.887. The molecule has 0 fully saturated rings. The Kier molecular flexibility index (Phi) is 6.12. The number of hydrogen-bond donors (Lipinski definition) is 1. The predicted molar refractivity (Wildman–Crippen MR) is 74.8 cm³/mol. The number of sulfonamides is 1. The van der Waals surface area contributed by atoms with E-state index in [0.717, 1.165) is 13.0 Å². The lowest BCUT2D eigenvalue weighted by atomic mass is 10.3. The smallest absolute Gasteiger partial charge is 0.260 e. The molecule has 0 aromatic carbocycles. The first-order valence-electron chi connectivity index (χ1n) is 6.47. The third kappa shape index (κ3) is 4.02. The summed E-state index contributed by atoms with van der Waals surface area (Å²) in [7, 11) is -0.772. The van der Waals surface area contributed by atoms with Crippen LogP contribution in [0.4, 0.5) is 0 Å². The number of rotatable bonds is 8. The molecule has 0 spiro atoms. The van der Waals surface area contributed by atoms with Crippen LogP contribution in [0.25, 0.3) is 0 Å². The summed E-state index contributed by atoms with van der Waals surface area (Å²) in [5.41, 5.74) is 0. The van der Waals surface area contributed by atoms with Crippen molar-refractivity contribution in [3.63, 3.8) is 0 Å². The maximum absolute atomic E-state index is 12.3. The van der Waals surface area contributed by atoms with Gasteiger partial charge in [0.05, 0.1) is 6.04 Å². The maximum atomic E-state index is 12.3. The SMILES string of the molecule is CCCn1cc(S(=O)(=O)NC(C)C(OC)OC)nc1C. The van der Waals surface area contributed by atoms with E-state index in [9.17, 15) is 8.42 Å². The number of imidazole rings is 1. The minimum atomic E-state index is -3.69. The Morgan fingerprint density at radius 1 is 1.40 bits per heavy atom. The van der Waals surface area contributed by atoms with Crippen molar-refractivity contribution in [3.8, 4) is 0 Å². The Morgan fingerprint density at radius 3 is 2.50 bits per heavy atom. The Morgan fingerprint density at radius 2 is 2.00 bits per heavy atom. The van der Waals surface area contributed by atoms with E-state index in [1.807, 2.05) is 11.5 Å². The Hall–Kier alpha value is -0.960. The van der Waals surface area contributed by atoms with Crippen LogP contribution in [0, 0.1) is 6.92 Å². The Bertz CT molecular complexity index is 523. The summed E-state index contributed by atoms with van der Waals surface area (Å²) in [6, 6.07) is -0.522. The maximum Gasteiger partial charge on any atom is 0.260 e. The van der Waals surface area contributed by atoms with Crippen LogP contribution < -0.4 is 4.72 Å². The van der Waals surface area contributed by atoms with Crippen molar-refractivity contribution in [3.05, 3.63) is 12.0 Å². The van der Waals surface area contributed by atoms with Gasteiger partial charge in [-0.25, -0.2) is 18.1 Å². The van der Waals surface area contributed by atoms with Gasteiger partial charge in [-0.15, -0.1) is 0 Å². The molecule has 0 aliphatic carbocycles. The molecular formula is C12H23N3O4S. The molecule has 1 aromatic heterocycles. The van der Waals surface area contributed by atoms with Gasteiger partial charge in [-0.05, 0) is 20.3 Å². The molecule has 7 nitrogen and oxygen atoms in total. The van der Waals surface area contributed by atoms with Gasteiger partial charge in [0.25, 0.3) is 10.0 Å². The number of aromatic nitrogens is 2. The molecule has 0 radical (unpaired) electrons. The monoisotopic (exact) mass is 305 g/mol. The van der Waals surface area contributed by atoms with Gasteiger partial charge in [0.15, 0.2) is 11.3 Å². The summed E-state index contributed by atoms with van der Waals surface area (Å²) in [4.78, 5) is 4.10. The minimum absolute atomic E-state index is 0.0151. The molecule has 0 amide bonds. The fraction of sp³-hybridized carbons (Fsp3) is 0.750. The van der Waals surface area contributed by atoms with Gasteiger partial charge in [0.2, 0.25) is 0 Å². The average Bonchev–Trinajstić information content (AvgIpc) is 2.73. The van der Waals surface area contributed by atoms with Gasteiger partial charge in [0.1, 0.15) is 5.82 Å². The highest BCUT2D eigenvalue weighted by Gasteiger charge is 2.25.